The summed E-state index contributed by atoms with van der Waals surface area (Å²) in [6.07, 6.45) is -5.64. The molecule has 0 bridgehead atoms. The van der Waals surface area contributed by atoms with E-state index in [2.05, 4.69) is 0 Å². The number of aryl methyl sites for hydroxylation is 1. The fourth-order valence-electron chi connectivity index (χ4n) is 2.76. The Bertz CT molecular complexity index is 476. The molecule has 1 heterocycles. The Balaban J connectivity index is 1.86. The molecule has 1 aliphatic heterocycles. The lowest BCUT2D eigenvalue weighted by Crippen LogP contribution is -2.59. The van der Waals surface area contributed by atoms with Crippen LogP contribution in [-0.4, -0.2) is 73.9 Å². The van der Waals surface area contributed by atoms with E-state index in [9.17, 15) is 25.5 Å². The van der Waals surface area contributed by atoms with E-state index in [0.29, 0.717) is 12.8 Å². The van der Waals surface area contributed by atoms with E-state index in [0.717, 1.165) is 5.56 Å². The minimum absolute atomic E-state index is 0.0829. The predicted molar refractivity (Wildman–Crippen MR) is 80.8 cm³/mol. The minimum Gasteiger partial charge on any atom is -0.508 e. The average Bonchev–Trinajstić information content (AvgIpc) is 2.55. The maximum absolute atomic E-state index is 10.1. The second-order valence-corrected chi connectivity index (χ2v) is 5.96. The number of hydrogen-bond acceptors (Lipinski definition) is 7. The molecule has 1 aromatic carbocycles. The summed E-state index contributed by atoms with van der Waals surface area (Å²) in [5.74, 6) is 0.176. The van der Waals surface area contributed by atoms with Crippen LogP contribution in [0.3, 0.4) is 0 Å². The first-order valence-electron chi connectivity index (χ1n) is 7.69. The van der Waals surface area contributed by atoms with Gasteiger partial charge in [-0.2, -0.15) is 0 Å². The summed E-state index contributed by atoms with van der Waals surface area (Å²) in [6, 6.07) is 6.66. The molecule has 1 aliphatic rings. The van der Waals surface area contributed by atoms with Gasteiger partial charge in [0.15, 0.2) is 0 Å². The summed E-state index contributed by atoms with van der Waals surface area (Å²) in [6.45, 7) is -0.481. The van der Waals surface area contributed by atoms with E-state index in [1.165, 1.54) is 0 Å². The Labute approximate surface area is 134 Å². The van der Waals surface area contributed by atoms with Crippen molar-refractivity contribution in [2.45, 2.75) is 55.9 Å². The highest BCUT2D eigenvalue weighted by Gasteiger charge is 2.43. The van der Waals surface area contributed by atoms with Gasteiger partial charge in [-0.3, -0.25) is 0 Å². The van der Waals surface area contributed by atoms with Crippen LogP contribution in [-0.2, 0) is 11.2 Å². The highest BCUT2D eigenvalue weighted by molar-refractivity contribution is 5.25. The predicted octanol–water partition coefficient (Wildman–Crippen LogP) is -1.08. The largest absolute Gasteiger partial charge is 0.508 e. The molecule has 23 heavy (non-hydrogen) atoms. The van der Waals surface area contributed by atoms with Crippen molar-refractivity contribution in [3.05, 3.63) is 29.8 Å². The quantitative estimate of drug-likeness (QED) is 0.391. The van der Waals surface area contributed by atoms with Crippen molar-refractivity contribution in [2.75, 3.05) is 6.61 Å². The van der Waals surface area contributed by atoms with Gasteiger partial charge in [0.2, 0.25) is 0 Å². The first kappa shape index (κ1) is 18.1. The van der Waals surface area contributed by atoms with E-state index < -0.39 is 43.2 Å². The van der Waals surface area contributed by atoms with Crippen molar-refractivity contribution >= 4 is 0 Å². The minimum atomic E-state index is -1.42. The summed E-state index contributed by atoms with van der Waals surface area (Å²) in [7, 11) is 0. The third kappa shape index (κ3) is 4.63. The van der Waals surface area contributed by atoms with Crippen LogP contribution in [0.15, 0.2) is 24.3 Å². The Morgan fingerprint density at radius 3 is 2.17 bits per heavy atom. The Morgan fingerprint density at radius 1 is 0.957 bits per heavy atom. The smallest absolute Gasteiger partial charge is 0.115 e. The van der Waals surface area contributed by atoms with Crippen LogP contribution >= 0.6 is 0 Å². The molecule has 6 N–H and O–H groups in total. The SMILES string of the molecule is OC[C@H]1OC(CC(O)CCc2ccc(O)cc2)[C@H](O)[C@@H](O)[C@@H]1O. The van der Waals surface area contributed by atoms with Gasteiger partial charge in [0.1, 0.15) is 30.2 Å². The van der Waals surface area contributed by atoms with Crippen LogP contribution in [0.1, 0.15) is 18.4 Å². The average molecular weight is 328 g/mol. The lowest BCUT2D eigenvalue weighted by molar-refractivity contribution is -0.234. The van der Waals surface area contributed by atoms with Crippen molar-refractivity contribution in [2.24, 2.45) is 0 Å². The van der Waals surface area contributed by atoms with Crippen molar-refractivity contribution in [1.82, 2.24) is 0 Å². The van der Waals surface area contributed by atoms with E-state index in [4.69, 9.17) is 9.84 Å². The first-order chi connectivity index (χ1) is 10.9. The van der Waals surface area contributed by atoms with Gasteiger partial charge >= 0.3 is 0 Å². The first-order valence-corrected chi connectivity index (χ1v) is 7.69. The summed E-state index contributed by atoms with van der Waals surface area (Å²) in [5.41, 5.74) is 0.954. The molecule has 0 amide bonds. The van der Waals surface area contributed by atoms with Crippen LogP contribution < -0.4 is 0 Å². The number of ether oxygens (including phenoxy) is 1. The second kappa shape index (κ2) is 8.05. The highest BCUT2D eigenvalue weighted by atomic mass is 16.5. The van der Waals surface area contributed by atoms with Gasteiger partial charge in [0.05, 0.1) is 18.8 Å². The number of aliphatic hydroxyl groups excluding tert-OH is 5. The van der Waals surface area contributed by atoms with Crippen LogP contribution in [0.25, 0.3) is 0 Å². The van der Waals surface area contributed by atoms with Gasteiger partial charge in [-0.15, -0.1) is 0 Å². The lowest BCUT2D eigenvalue weighted by atomic mass is 9.91. The fourth-order valence-corrected chi connectivity index (χ4v) is 2.76. The van der Waals surface area contributed by atoms with Crippen LogP contribution in [0, 0.1) is 0 Å². The van der Waals surface area contributed by atoms with Gasteiger partial charge < -0.3 is 35.4 Å². The third-order valence-electron chi connectivity index (χ3n) is 4.20. The maximum atomic E-state index is 10.1. The van der Waals surface area contributed by atoms with Crippen LogP contribution in [0.2, 0.25) is 0 Å². The van der Waals surface area contributed by atoms with Crippen LogP contribution in [0.5, 0.6) is 5.75 Å². The Hall–Kier alpha value is -1.22. The van der Waals surface area contributed by atoms with E-state index in [-0.39, 0.29) is 12.2 Å². The molecule has 1 fully saturated rings. The molecule has 1 aromatic rings. The fraction of sp³-hybridized carbons (Fsp3) is 0.625. The molecule has 2 rings (SSSR count). The molecule has 0 spiro atoms. The zero-order chi connectivity index (χ0) is 17.0. The molecule has 0 aromatic heterocycles. The third-order valence-corrected chi connectivity index (χ3v) is 4.20. The number of hydrogen-bond donors (Lipinski definition) is 6. The monoisotopic (exact) mass is 328 g/mol. The zero-order valence-electron chi connectivity index (χ0n) is 12.7. The second-order valence-electron chi connectivity index (χ2n) is 5.96. The van der Waals surface area contributed by atoms with Gasteiger partial charge in [-0.25, -0.2) is 0 Å². The molecule has 1 saturated heterocycles. The number of phenols is 1. The number of benzene rings is 1. The van der Waals surface area contributed by atoms with Crippen molar-refractivity contribution in [3.8, 4) is 5.75 Å². The van der Waals surface area contributed by atoms with Gasteiger partial charge in [-0.05, 0) is 30.5 Å². The summed E-state index contributed by atoms with van der Waals surface area (Å²) >= 11 is 0. The van der Waals surface area contributed by atoms with Crippen molar-refractivity contribution < 1.29 is 35.4 Å². The molecule has 130 valence electrons. The van der Waals surface area contributed by atoms with Gasteiger partial charge in [-0.1, -0.05) is 12.1 Å². The van der Waals surface area contributed by atoms with Crippen molar-refractivity contribution in [3.63, 3.8) is 0 Å². The van der Waals surface area contributed by atoms with E-state index in [1.807, 2.05) is 0 Å². The summed E-state index contributed by atoms with van der Waals surface area (Å²) in [5, 5.41) is 57.8. The number of rotatable bonds is 6. The molecular formula is C16H24O7. The van der Waals surface area contributed by atoms with E-state index in [1.54, 1.807) is 24.3 Å². The molecule has 7 nitrogen and oxygen atoms in total. The maximum Gasteiger partial charge on any atom is 0.115 e. The lowest BCUT2D eigenvalue weighted by Gasteiger charge is -2.40. The Morgan fingerprint density at radius 2 is 1.57 bits per heavy atom. The summed E-state index contributed by atoms with van der Waals surface area (Å²) < 4.78 is 5.37. The summed E-state index contributed by atoms with van der Waals surface area (Å²) in [4.78, 5) is 0. The molecule has 7 heteroatoms. The number of aromatic hydroxyl groups is 1. The highest BCUT2D eigenvalue weighted by Crippen LogP contribution is 2.25. The molecule has 0 aliphatic carbocycles. The standard InChI is InChI=1S/C16H24O7/c17-8-13-15(21)16(22)14(20)12(23-13)7-11(19)6-3-9-1-4-10(18)5-2-9/h1-2,4-5,11-22H,3,6-8H2/t11?,12?,13-,14+,15-,16-/m1/s1. The van der Waals surface area contributed by atoms with E-state index >= 15 is 0 Å². The number of phenolic OH excluding ortho intramolecular Hbond substituents is 1. The van der Waals surface area contributed by atoms with Crippen molar-refractivity contribution in [1.29, 1.82) is 0 Å². The molecule has 6 atom stereocenters. The molecule has 2 unspecified atom stereocenters. The molecule has 0 radical (unpaired) electrons. The van der Waals surface area contributed by atoms with Gasteiger partial charge in [0.25, 0.3) is 0 Å². The van der Waals surface area contributed by atoms with Crippen LogP contribution in [0.4, 0.5) is 0 Å². The normalized spacial score (nSPS) is 32.7. The topological polar surface area (TPSA) is 131 Å². The molecule has 0 saturated carbocycles. The van der Waals surface area contributed by atoms with Gasteiger partial charge in [0, 0.05) is 6.42 Å². The molecular weight excluding hydrogens is 304 g/mol. The number of aliphatic hydroxyl groups is 5. The zero-order valence-corrected chi connectivity index (χ0v) is 12.7. The Kier molecular flexibility index (Phi) is 6.34.